The van der Waals surface area contributed by atoms with Crippen LogP contribution in [0.3, 0.4) is 0 Å². The summed E-state index contributed by atoms with van der Waals surface area (Å²) in [6.45, 7) is 14.7. The lowest BCUT2D eigenvalue weighted by Crippen LogP contribution is -2.34. The molecular formula is C20H29BrClN3O. The first kappa shape index (κ1) is 21.2. The first-order valence-electron chi connectivity index (χ1n) is 9.15. The molecule has 0 amide bonds. The van der Waals surface area contributed by atoms with E-state index in [9.17, 15) is 0 Å². The second-order valence-electron chi connectivity index (χ2n) is 7.88. The minimum absolute atomic E-state index is 0.274. The second kappa shape index (κ2) is 9.23. The SMILES string of the molecule is C=N/C(Br)=C1/C(Cl)=NC=C(CC(=C)OC(C)(C)C)N1CC1CCCCC1. The highest BCUT2D eigenvalue weighted by Crippen LogP contribution is 2.34. The van der Waals surface area contributed by atoms with Gasteiger partial charge < -0.3 is 9.64 Å². The predicted octanol–water partition coefficient (Wildman–Crippen LogP) is 6.34. The Hall–Kier alpha value is -1.07. The molecule has 0 aromatic rings. The van der Waals surface area contributed by atoms with Gasteiger partial charge in [-0.1, -0.05) is 37.4 Å². The molecule has 1 aliphatic carbocycles. The average Bonchev–Trinajstić information content (AvgIpc) is 2.56. The van der Waals surface area contributed by atoms with Gasteiger partial charge in [0.25, 0.3) is 0 Å². The van der Waals surface area contributed by atoms with Gasteiger partial charge in [0.15, 0.2) is 5.17 Å². The van der Waals surface area contributed by atoms with Crippen LogP contribution in [-0.4, -0.2) is 28.9 Å². The third kappa shape index (κ3) is 5.98. The predicted molar refractivity (Wildman–Crippen MR) is 115 cm³/mol. The standard InChI is InChI=1S/C20H29BrClN3O/c1-14(26-20(2,3)4)11-16-12-24-19(22)17(18(21)23-5)25(16)13-15-9-7-6-8-10-15/h12,15H,1,5-11,13H2,2-4H3/b18-17-. The molecule has 144 valence electrons. The van der Waals surface area contributed by atoms with Crippen molar-refractivity contribution in [2.45, 2.75) is 64.9 Å². The number of ether oxygens (including phenoxy) is 1. The highest BCUT2D eigenvalue weighted by molar-refractivity contribution is 9.11. The Balaban J connectivity index is 2.26. The largest absolute Gasteiger partial charge is 0.493 e. The molecule has 1 saturated carbocycles. The van der Waals surface area contributed by atoms with Crippen molar-refractivity contribution < 1.29 is 4.74 Å². The van der Waals surface area contributed by atoms with E-state index in [-0.39, 0.29) is 5.60 Å². The zero-order valence-corrected chi connectivity index (χ0v) is 18.4. The quantitative estimate of drug-likeness (QED) is 0.273. The number of nitrogens with zero attached hydrogens (tertiary/aromatic N) is 3. The van der Waals surface area contributed by atoms with Crippen LogP contribution in [0.2, 0.25) is 0 Å². The molecule has 1 heterocycles. The Morgan fingerprint density at radius 2 is 2.04 bits per heavy atom. The third-order valence-corrected chi connectivity index (χ3v) is 5.37. The number of halogens is 2. The molecule has 0 atom stereocenters. The number of hydrogen-bond donors (Lipinski definition) is 0. The van der Waals surface area contributed by atoms with Crippen molar-refractivity contribution in [3.8, 4) is 0 Å². The molecule has 0 bridgehead atoms. The highest BCUT2D eigenvalue weighted by atomic mass is 79.9. The second-order valence-corrected chi connectivity index (χ2v) is 8.99. The van der Waals surface area contributed by atoms with Crippen molar-refractivity contribution in [1.82, 2.24) is 4.90 Å². The fraction of sp³-hybridized carbons (Fsp3) is 0.600. The summed E-state index contributed by atoms with van der Waals surface area (Å²) < 4.78 is 6.53. The van der Waals surface area contributed by atoms with Crippen molar-refractivity contribution in [3.63, 3.8) is 0 Å². The molecule has 0 saturated heterocycles. The Kier molecular flexibility index (Phi) is 7.53. The monoisotopic (exact) mass is 441 g/mol. The molecular weight excluding hydrogens is 414 g/mol. The summed E-state index contributed by atoms with van der Waals surface area (Å²) >= 11 is 9.90. The molecule has 1 fully saturated rings. The zero-order chi connectivity index (χ0) is 19.3. The van der Waals surface area contributed by atoms with Crippen LogP contribution >= 0.6 is 27.5 Å². The summed E-state index contributed by atoms with van der Waals surface area (Å²) in [4.78, 5) is 10.6. The minimum Gasteiger partial charge on any atom is -0.493 e. The molecule has 0 spiro atoms. The van der Waals surface area contributed by atoms with Gasteiger partial charge in [0, 0.05) is 24.9 Å². The molecule has 2 rings (SSSR count). The van der Waals surface area contributed by atoms with Crippen LogP contribution in [0.5, 0.6) is 0 Å². The van der Waals surface area contributed by atoms with Gasteiger partial charge in [0.05, 0.1) is 5.76 Å². The van der Waals surface area contributed by atoms with E-state index in [1.807, 2.05) is 27.0 Å². The molecule has 2 aliphatic rings. The molecule has 26 heavy (non-hydrogen) atoms. The lowest BCUT2D eigenvalue weighted by Gasteiger charge is -2.36. The topological polar surface area (TPSA) is 37.2 Å². The van der Waals surface area contributed by atoms with E-state index >= 15 is 0 Å². The van der Waals surface area contributed by atoms with E-state index in [4.69, 9.17) is 16.3 Å². The summed E-state index contributed by atoms with van der Waals surface area (Å²) in [5.41, 5.74) is 1.52. The lowest BCUT2D eigenvalue weighted by molar-refractivity contribution is 0.0485. The maximum absolute atomic E-state index is 6.41. The fourth-order valence-electron chi connectivity index (χ4n) is 3.44. The van der Waals surface area contributed by atoms with Gasteiger partial charge in [-0.05, 0) is 62.2 Å². The van der Waals surface area contributed by atoms with Crippen molar-refractivity contribution in [2.75, 3.05) is 6.54 Å². The molecule has 0 radical (unpaired) electrons. The van der Waals surface area contributed by atoms with Gasteiger partial charge in [0.1, 0.15) is 15.9 Å². The first-order valence-corrected chi connectivity index (χ1v) is 10.3. The lowest BCUT2D eigenvalue weighted by atomic mass is 9.88. The summed E-state index contributed by atoms with van der Waals surface area (Å²) in [7, 11) is 0. The third-order valence-electron chi connectivity index (χ3n) is 4.47. The summed E-state index contributed by atoms with van der Waals surface area (Å²) in [5, 5.41) is 0.422. The molecule has 4 nitrogen and oxygen atoms in total. The van der Waals surface area contributed by atoms with Crippen LogP contribution < -0.4 is 0 Å². The Labute approximate surface area is 170 Å². The minimum atomic E-state index is -0.274. The van der Waals surface area contributed by atoms with Gasteiger partial charge in [-0.2, -0.15) is 0 Å². The number of aliphatic imine (C=N–C) groups is 2. The van der Waals surface area contributed by atoms with E-state index in [0.717, 1.165) is 17.9 Å². The molecule has 0 aromatic heterocycles. The molecule has 0 unspecified atom stereocenters. The van der Waals surface area contributed by atoms with Crippen molar-refractivity contribution in [2.24, 2.45) is 15.9 Å². The van der Waals surface area contributed by atoms with E-state index < -0.39 is 0 Å². The van der Waals surface area contributed by atoms with E-state index in [2.05, 4.69) is 44.1 Å². The molecule has 6 heteroatoms. The van der Waals surface area contributed by atoms with Crippen LogP contribution in [0.15, 0.2) is 44.5 Å². The van der Waals surface area contributed by atoms with Crippen LogP contribution in [-0.2, 0) is 4.74 Å². The summed E-state index contributed by atoms with van der Waals surface area (Å²) in [6, 6.07) is 0. The number of allylic oxidation sites excluding steroid dienone is 1. The van der Waals surface area contributed by atoms with Crippen LogP contribution in [0.25, 0.3) is 0 Å². The zero-order valence-electron chi connectivity index (χ0n) is 16.0. The van der Waals surface area contributed by atoms with Gasteiger partial charge in [-0.25, -0.2) is 4.99 Å². The van der Waals surface area contributed by atoms with E-state index in [0.29, 0.717) is 27.9 Å². The van der Waals surface area contributed by atoms with Crippen molar-refractivity contribution >= 4 is 39.4 Å². The van der Waals surface area contributed by atoms with E-state index in [1.54, 1.807) is 0 Å². The maximum atomic E-state index is 6.41. The Morgan fingerprint density at radius 3 is 2.62 bits per heavy atom. The van der Waals surface area contributed by atoms with Gasteiger partial charge >= 0.3 is 0 Å². The highest BCUT2D eigenvalue weighted by Gasteiger charge is 2.29. The van der Waals surface area contributed by atoms with Crippen LogP contribution in [0.4, 0.5) is 0 Å². The van der Waals surface area contributed by atoms with Gasteiger partial charge in [-0.15, -0.1) is 0 Å². The maximum Gasteiger partial charge on any atom is 0.155 e. The van der Waals surface area contributed by atoms with Gasteiger partial charge in [0.2, 0.25) is 0 Å². The molecule has 0 N–H and O–H groups in total. The summed E-state index contributed by atoms with van der Waals surface area (Å²) in [6.07, 6.45) is 8.79. The number of hydrogen-bond acceptors (Lipinski definition) is 4. The Morgan fingerprint density at radius 1 is 1.38 bits per heavy atom. The van der Waals surface area contributed by atoms with Gasteiger partial charge in [-0.3, -0.25) is 4.99 Å². The average molecular weight is 443 g/mol. The molecule has 0 aromatic carbocycles. The van der Waals surface area contributed by atoms with Crippen LogP contribution in [0.1, 0.15) is 59.3 Å². The first-order chi connectivity index (χ1) is 12.2. The normalized spacial score (nSPS) is 21.0. The fourth-order valence-corrected chi connectivity index (χ4v) is 4.19. The number of rotatable bonds is 6. The smallest absolute Gasteiger partial charge is 0.155 e. The van der Waals surface area contributed by atoms with E-state index in [1.165, 1.54) is 32.1 Å². The summed E-state index contributed by atoms with van der Waals surface area (Å²) in [5.74, 6) is 1.35. The van der Waals surface area contributed by atoms with Crippen molar-refractivity contribution in [1.29, 1.82) is 0 Å². The Bertz CT molecular complexity index is 640. The van der Waals surface area contributed by atoms with Crippen molar-refractivity contribution in [3.05, 3.63) is 34.5 Å². The van der Waals surface area contributed by atoms with Crippen LogP contribution in [0, 0.1) is 5.92 Å². The molecule has 1 aliphatic heterocycles.